The van der Waals surface area contributed by atoms with Gasteiger partial charge in [0.1, 0.15) is 0 Å². The Kier molecular flexibility index (Phi) is 4.29. The number of nitrogens with one attached hydrogen (secondary N) is 1. The van der Waals surface area contributed by atoms with Crippen molar-refractivity contribution in [3.05, 3.63) is 39.3 Å². The molecule has 19 heavy (non-hydrogen) atoms. The zero-order valence-electron chi connectivity index (χ0n) is 9.85. The lowest BCUT2D eigenvalue weighted by Gasteiger charge is -2.04. The number of thiazole rings is 1. The van der Waals surface area contributed by atoms with Crippen molar-refractivity contribution < 1.29 is 9.90 Å². The molecular weight excluding hydrogens is 307 g/mol. The van der Waals surface area contributed by atoms with Crippen molar-refractivity contribution in [2.75, 3.05) is 5.32 Å². The molecule has 0 fully saturated rings. The number of aromatic nitrogens is 1. The van der Waals surface area contributed by atoms with Crippen LogP contribution in [0.4, 0.5) is 10.8 Å². The Morgan fingerprint density at radius 1 is 1.37 bits per heavy atom. The van der Waals surface area contributed by atoms with E-state index >= 15 is 0 Å². The Labute approximate surface area is 124 Å². The van der Waals surface area contributed by atoms with E-state index in [2.05, 4.69) is 10.3 Å². The van der Waals surface area contributed by atoms with E-state index in [-0.39, 0.29) is 0 Å². The molecule has 2 N–H and O–H groups in total. The van der Waals surface area contributed by atoms with Crippen LogP contribution in [0.3, 0.4) is 0 Å². The number of hydrogen-bond donors (Lipinski definition) is 2. The van der Waals surface area contributed by atoms with Gasteiger partial charge < -0.3 is 10.4 Å². The predicted molar refractivity (Wildman–Crippen MR) is 77.9 cm³/mol. The van der Waals surface area contributed by atoms with Gasteiger partial charge in [-0.25, -0.2) is 4.98 Å². The average Bonchev–Trinajstić information content (AvgIpc) is 2.74. The number of nitrogens with zero attached hydrogens (tertiary/aromatic N) is 1. The molecule has 0 amide bonds. The number of anilines is 2. The first-order valence-corrected chi connectivity index (χ1v) is 7.00. The zero-order valence-corrected chi connectivity index (χ0v) is 12.2. The predicted octanol–water partition coefficient (Wildman–Crippen LogP) is 4.38. The summed E-state index contributed by atoms with van der Waals surface area (Å²) in [5, 5.41) is 15.3. The second-order valence-corrected chi connectivity index (χ2v) is 5.65. The van der Waals surface area contributed by atoms with E-state index < -0.39 is 11.9 Å². The van der Waals surface area contributed by atoms with Crippen LogP contribution in [0.25, 0.3) is 0 Å². The number of halogens is 2. The molecule has 1 heterocycles. The maximum atomic E-state index is 10.9. The number of carboxylic acid groups (broad SMARTS) is 1. The van der Waals surface area contributed by atoms with Gasteiger partial charge in [-0.2, -0.15) is 0 Å². The van der Waals surface area contributed by atoms with Gasteiger partial charge in [-0.1, -0.05) is 23.2 Å². The molecule has 1 aromatic carbocycles. The van der Waals surface area contributed by atoms with E-state index in [9.17, 15) is 4.79 Å². The van der Waals surface area contributed by atoms with Gasteiger partial charge in [-0.05, 0) is 25.1 Å². The van der Waals surface area contributed by atoms with Crippen LogP contribution in [0.15, 0.2) is 23.6 Å². The van der Waals surface area contributed by atoms with Crippen molar-refractivity contribution in [1.29, 1.82) is 0 Å². The minimum Gasteiger partial charge on any atom is -0.481 e. The van der Waals surface area contributed by atoms with Crippen LogP contribution < -0.4 is 5.32 Å². The first-order valence-electron chi connectivity index (χ1n) is 5.37. The molecule has 1 aromatic heterocycles. The molecule has 0 bridgehead atoms. The lowest BCUT2D eigenvalue weighted by Crippen LogP contribution is -2.07. The Bertz CT molecular complexity index is 595. The molecule has 0 aliphatic rings. The summed E-state index contributed by atoms with van der Waals surface area (Å²) >= 11 is 13.1. The molecule has 0 saturated carbocycles. The quantitative estimate of drug-likeness (QED) is 0.878. The average molecular weight is 317 g/mol. The molecule has 100 valence electrons. The number of aliphatic carboxylic acids is 1. The molecule has 4 nitrogen and oxygen atoms in total. The molecule has 0 saturated heterocycles. The molecule has 2 rings (SSSR count). The summed E-state index contributed by atoms with van der Waals surface area (Å²) in [5.74, 6) is -1.53. The standard InChI is InChI=1S/C12H10Cl2N2O2S/c1-6(11(17)18)10-5-19-12(16-10)15-9-3-7(13)2-8(14)4-9/h2-6H,1H3,(H,15,16)(H,17,18). The van der Waals surface area contributed by atoms with Crippen molar-refractivity contribution in [3.63, 3.8) is 0 Å². The summed E-state index contributed by atoms with van der Waals surface area (Å²) in [5.41, 5.74) is 1.23. The van der Waals surface area contributed by atoms with Crippen molar-refractivity contribution in [2.24, 2.45) is 0 Å². The maximum Gasteiger partial charge on any atom is 0.312 e. The Hall–Kier alpha value is -1.30. The van der Waals surface area contributed by atoms with E-state index in [1.807, 2.05) is 0 Å². The maximum absolute atomic E-state index is 10.9. The highest BCUT2D eigenvalue weighted by molar-refractivity contribution is 7.13. The minimum absolute atomic E-state index is 0.519. The smallest absolute Gasteiger partial charge is 0.312 e. The number of carbonyl (C=O) groups is 1. The summed E-state index contributed by atoms with van der Waals surface area (Å²) in [4.78, 5) is 15.1. The van der Waals surface area contributed by atoms with Gasteiger partial charge in [0.15, 0.2) is 5.13 Å². The van der Waals surface area contributed by atoms with Crippen LogP contribution in [0.5, 0.6) is 0 Å². The zero-order chi connectivity index (χ0) is 14.0. The molecule has 7 heteroatoms. The fourth-order valence-corrected chi connectivity index (χ4v) is 2.77. The fourth-order valence-electron chi connectivity index (χ4n) is 1.42. The summed E-state index contributed by atoms with van der Waals surface area (Å²) < 4.78 is 0. The number of rotatable bonds is 4. The number of benzene rings is 1. The van der Waals surface area contributed by atoms with E-state index in [0.29, 0.717) is 26.6 Å². The van der Waals surface area contributed by atoms with Crippen LogP contribution in [0.2, 0.25) is 10.0 Å². The fraction of sp³-hybridized carbons (Fsp3) is 0.167. The Morgan fingerprint density at radius 2 is 2.00 bits per heavy atom. The normalized spacial score (nSPS) is 12.2. The monoisotopic (exact) mass is 316 g/mol. The summed E-state index contributed by atoms with van der Waals surface area (Å²) in [6.07, 6.45) is 0. The molecule has 2 aromatic rings. The van der Waals surface area contributed by atoms with Crippen molar-refractivity contribution in [3.8, 4) is 0 Å². The molecule has 0 radical (unpaired) electrons. The summed E-state index contributed by atoms with van der Waals surface area (Å²) in [6.45, 7) is 1.59. The van der Waals surface area contributed by atoms with Gasteiger partial charge in [0.05, 0.1) is 11.6 Å². The third-order valence-corrected chi connectivity index (χ3v) is 3.66. The molecule has 1 unspecified atom stereocenters. The SMILES string of the molecule is CC(C(=O)O)c1csc(Nc2cc(Cl)cc(Cl)c2)n1. The molecule has 0 spiro atoms. The first-order chi connectivity index (χ1) is 8.95. The van der Waals surface area contributed by atoms with Crippen molar-refractivity contribution in [2.45, 2.75) is 12.8 Å². The van der Waals surface area contributed by atoms with E-state index in [1.54, 1.807) is 30.5 Å². The van der Waals surface area contributed by atoms with Gasteiger partial charge in [0.25, 0.3) is 0 Å². The molecule has 0 aliphatic carbocycles. The van der Waals surface area contributed by atoms with Gasteiger partial charge >= 0.3 is 5.97 Å². The summed E-state index contributed by atoms with van der Waals surface area (Å²) in [6, 6.07) is 5.07. The summed E-state index contributed by atoms with van der Waals surface area (Å²) in [7, 11) is 0. The van der Waals surface area contributed by atoms with Crippen molar-refractivity contribution >= 4 is 51.3 Å². The topological polar surface area (TPSA) is 62.2 Å². The van der Waals surface area contributed by atoms with Gasteiger partial charge in [0.2, 0.25) is 0 Å². The lowest BCUT2D eigenvalue weighted by molar-refractivity contribution is -0.138. The third kappa shape index (κ3) is 3.59. The second-order valence-electron chi connectivity index (χ2n) is 3.92. The molecule has 1 atom stereocenters. The largest absolute Gasteiger partial charge is 0.481 e. The van der Waals surface area contributed by atoms with E-state index in [0.717, 1.165) is 0 Å². The molecule has 0 aliphatic heterocycles. The lowest BCUT2D eigenvalue weighted by atomic mass is 10.1. The van der Waals surface area contributed by atoms with Gasteiger partial charge in [0, 0.05) is 21.1 Å². The van der Waals surface area contributed by atoms with Gasteiger partial charge in [-0.3, -0.25) is 4.79 Å². The van der Waals surface area contributed by atoms with Crippen LogP contribution >= 0.6 is 34.5 Å². The highest BCUT2D eigenvalue weighted by Gasteiger charge is 2.17. The highest BCUT2D eigenvalue weighted by Crippen LogP contribution is 2.28. The van der Waals surface area contributed by atoms with Crippen LogP contribution in [-0.4, -0.2) is 16.1 Å². The second kappa shape index (κ2) is 5.77. The van der Waals surface area contributed by atoms with Crippen LogP contribution in [0, 0.1) is 0 Å². The van der Waals surface area contributed by atoms with E-state index in [4.69, 9.17) is 28.3 Å². The van der Waals surface area contributed by atoms with Crippen LogP contribution in [-0.2, 0) is 4.79 Å². The third-order valence-electron chi connectivity index (χ3n) is 2.45. The van der Waals surface area contributed by atoms with Crippen molar-refractivity contribution in [1.82, 2.24) is 4.98 Å². The number of hydrogen-bond acceptors (Lipinski definition) is 4. The molecular formula is C12H10Cl2N2O2S. The van der Waals surface area contributed by atoms with Gasteiger partial charge in [-0.15, -0.1) is 11.3 Å². The number of carboxylic acids is 1. The first kappa shape index (κ1) is 14.1. The van der Waals surface area contributed by atoms with E-state index in [1.165, 1.54) is 11.3 Å². The van der Waals surface area contributed by atoms with Crippen LogP contribution in [0.1, 0.15) is 18.5 Å². The minimum atomic E-state index is -0.900. The highest BCUT2D eigenvalue weighted by atomic mass is 35.5. The Balaban J connectivity index is 2.18. The Morgan fingerprint density at radius 3 is 2.58 bits per heavy atom.